The summed E-state index contributed by atoms with van der Waals surface area (Å²) in [7, 11) is 0. The van der Waals surface area contributed by atoms with Gasteiger partial charge in [0.05, 0.1) is 11.1 Å². The largest absolute Gasteiger partial charge is 0.452 e. The number of para-hydroxylation sites is 1. The Bertz CT molecular complexity index is 970. The SMILES string of the molecule is Cc1cc(C(=O)OCC(=O)N[C@@H](C)CCc2ccccc2)c2ccccc2n1. The molecule has 5 nitrogen and oxygen atoms in total. The van der Waals surface area contributed by atoms with E-state index in [1.807, 2.05) is 56.3 Å². The van der Waals surface area contributed by atoms with Gasteiger partial charge >= 0.3 is 5.97 Å². The first-order valence-electron chi connectivity index (χ1n) is 9.40. The quantitative estimate of drug-likeness (QED) is 0.636. The lowest BCUT2D eigenvalue weighted by atomic mass is 10.1. The normalized spacial score (nSPS) is 11.8. The summed E-state index contributed by atoms with van der Waals surface area (Å²) < 4.78 is 5.24. The van der Waals surface area contributed by atoms with Crippen LogP contribution in [0, 0.1) is 6.92 Å². The fraction of sp³-hybridized carbons (Fsp3) is 0.261. The Hall–Kier alpha value is -3.21. The number of hydrogen-bond acceptors (Lipinski definition) is 4. The first-order valence-corrected chi connectivity index (χ1v) is 9.40. The van der Waals surface area contributed by atoms with E-state index in [1.165, 1.54) is 5.56 Å². The highest BCUT2D eigenvalue weighted by Gasteiger charge is 2.15. The van der Waals surface area contributed by atoms with Gasteiger partial charge in [-0.2, -0.15) is 0 Å². The van der Waals surface area contributed by atoms with Gasteiger partial charge in [0.2, 0.25) is 0 Å². The molecule has 0 aliphatic heterocycles. The average molecular weight is 376 g/mol. The summed E-state index contributed by atoms with van der Waals surface area (Å²) in [6.45, 7) is 3.47. The molecule has 1 heterocycles. The molecule has 1 atom stereocenters. The van der Waals surface area contributed by atoms with Crippen molar-refractivity contribution < 1.29 is 14.3 Å². The van der Waals surface area contributed by atoms with E-state index in [4.69, 9.17) is 4.74 Å². The monoisotopic (exact) mass is 376 g/mol. The zero-order valence-electron chi connectivity index (χ0n) is 16.1. The number of hydrogen-bond donors (Lipinski definition) is 1. The summed E-state index contributed by atoms with van der Waals surface area (Å²) in [5.41, 5.74) is 3.11. The van der Waals surface area contributed by atoms with E-state index >= 15 is 0 Å². The Kier molecular flexibility index (Phi) is 6.37. The number of pyridine rings is 1. The summed E-state index contributed by atoms with van der Waals surface area (Å²) in [5.74, 6) is -0.821. The van der Waals surface area contributed by atoms with Gasteiger partial charge in [-0.15, -0.1) is 0 Å². The highest BCUT2D eigenvalue weighted by Crippen LogP contribution is 2.19. The van der Waals surface area contributed by atoms with Crippen LogP contribution in [0.3, 0.4) is 0 Å². The van der Waals surface area contributed by atoms with Gasteiger partial charge in [-0.05, 0) is 44.4 Å². The molecular formula is C23H24N2O3. The molecule has 0 aliphatic rings. The minimum atomic E-state index is -0.520. The van der Waals surface area contributed by atoms with Gasteiger partial charge in [0.1, 0.15) is 0 Å². The first-order chi connectivity index (χ1) is 13.5. The number of benzene rings is 2. The van der Waals surface area contributed by atoms with Gasteiger partial charge < -0.3 is 10.1 Å². The molecule has 3 aromatic rings. The lowest BCUT2D eigenvalue weighted by Gasteiger charge is -2.14. The molecule has 0 fully saturated rings. The van der Waals surface area contributed by atoms with Crippen LogP contribution in [0.5, 0.6) is 0 Å². The smallest absolute Gasteiger partial charge is 0.339 e. The lowest BCUT2D eigenvalue weighted by molar-refractivity contribution is -0.124. The van der Waals surface area contributed by atoms with Crippen LogP contribution in [0.25, 0.3) is 10.9 Å². The van der Waals surface area contributed by atoms with E-state index in [2.05, 4.69) is 22.4 Å². The number of nitrogens with one attached hydrogen (secondary N) is 1. The van der Waals surface area contributed by atoms with Crippen LogP contribution >= 0.6 is 0 Å². The van der Waals surface area contributed by atoms with E-state index in [0.29, 0.717) is 5.56 Å². The maximum absolute atomic E-state index is 12.5. The molecule has 0 saturated carbocycles. The van der Waals surface area contributed by atoms with E-state index in [-0.39, 0.29) is 18.6 Å². The molecule has 0 aliphatic carbocycles. The molecule has 2 aromatic carbocycles. The molecule has 3 rings (SSSR count). The summed E-state index contributed by atoms with van der Waals surface area (Å²) in [6.07, 6.45) is 1.70. The third-order valence-electron chi connectivity index (χ3n) is 4.51. The molecule has 0 spiro atoms. The van der Waals surface area contributed by atoms with Crippen molar-refractivity contribution >= 4 is 22.8 Å². The van der Waals surface area contributed by atoms with Crippen LogP contribution in [-0.4, -0.2) is 29.5 Å². The van der Waals surface area contributed by atoms with Crippen molar-refractivity contribution in [1.29, 1.82) is 0 Å². The van der Waals surface area contributed by atoms with Gasteiger partial charge in [-0.1, -0.05) is 48.5 Å². The molecular weight excluding hydrogens is 352 g/mol. The standard InChI is InChI=1S/C23H24N2O3/c1-16(12-13-18-8-4-3-5-9-18)25-22(26)15-28-23(27)20-14-17(2)24-21-11-7-6-10-19(20)21/h3-11,14,16H,12-13,15H2,1-2H3,(H,25,26)/t16-/m0/s1. The molecule has 1 N–H and O–H groups in total. The first kappa shape index (κ1) is 19.5. The summed E-state index contributed by atoms with van der Waals surface area (Å²) in [4.78, 5) is 29.0. The van der Waals surface area contributed by atoms with E-state index < -0.39 is 5.97 Å². The predicted octanol–water partition coefficient (Wildman–Crippen LogP) is 3.84. The molecule has 5 heteroatoms. The summed E-state index contributed by atoms with van der Waals surface area (Å²) in [5, 5.41) is 3.59. The fourth-order valence-corrected chi connectivity index (χ4v) is 3.10. The minimum absolute atomic E-state index is 0.00425. The lowest BCUT2D eigenvalue weighted by Crippen LogP contribution is -2.36. The number of esters is 1. The van der Waals surface area contributed by atoms with Crippen molar-refractivity contribution in [2.75, 3.05) is 6.61 Å². The number of rotatable bonds is 7. The number of aryl methyl sites for hydroxylation is 2. The zero-order valence-corrected chi connectivity index (χ0v) is 16.1. The number of carbonyl (C=O) groups excluding carboxylic acids is 2. The summed E-state index contributed by atoms with van der Waals surface area (Å²) in [6, 6.07) is 19.2. The Balaban J connectivity index is 1.52. The number of fused-ring (bicyclic) bond motifs is 1. The Morgan fingerprint density at radius 3 is 2.57 bits per heavy atom. The van der Waals surface area contributed by atoms with Crippen LogP contribution in [0.4, 0.5) is 0 Å². The van der Waals surface area contributed by atoms with Crippen LogP contribution in [0.1, 0.15) is 35.0 Å². The maximum Gasteiger partial charge on any atom is 0.339 e. The molecule has 144 valence electrons. The van der Waals surface area contributed by atoms with Crippen molar-refractivity contribution in [3.8, 4) is 0 Å². The van der Waals surface area contributed by atoms with Crippen LogP contribution in [0.2, 0.25) is 0 Å². The Morgan fingerprint density at radius 2 is 1.79 bits per heavy atom. The number of ether oxygens (including phenoxy) is 1. The molecule has 0 unspecified atom stereocenters. The molecule has 1 amide bonds. The second-order valence-corrected chi connectivity index (χ2v) is 6.90. The topological polar surface area (TPSA) is 68.3 Å². The number of aromatic nitrogens is 1. The second-order valence-electron chi connectivity index (χ2n) is 6.90. The molecule has 0 radical (unpaired) electrons. The van der Waals surface area contributed by atoms with E-state index in [9.17, 15) is 9.59 Å². The number of amides is 1. The van der Waals surface area contributed by atoms with E-state index in [1.54, 1.807) is 6.07 Å². The zero-order chi connectivity index (χ0) is 19.9. The maximum atomic E-state index is 12.5. The van der Waals surface area contributed by atoms with Gasteiger partial charge in [0.25, 0.3) is 5.91 Å². The van der Waals surface area contributed by atoms with Crippen LogP contribution < -0.4 is 5.32 Å². The highest BCUT2D eigenvalue weighted by molar-refractivity contribution is 6.04. The van der Waals surface area contributed by atoms with E-state index in [0.717, 1.165) is 29.4 Å². The van der Waals surface area contributed by atoms with Crippen molar-refractivity contribution in [1.82, 2.24) is 10.3 Å². The van der Waals surface area contributed by atoms with Crippen molar-refractivity contribution in [3.05, 3.63) is 77.5 Å². The minimum Gasteiger partial charge on any atom is -0.452 e. The molecule has 1 aromatic heterocycles. The van der Waals surface area contributed by atoms with Gasteiger partial charge in [0, 0.05) is 17.1 Å². The van der Waals surface area contributed by atoms with Gasteiger partial charge in [-0.3, -0.25) is 9.78 Å². The van der Waals surface area contributed by atoms with Gasteiger partial charge in [-0.25, -0.2) is 4.79 Å². The van der Waals surface area contributed by atoms with Crippen molar-refractivity contribution in [2.45, 2.75) is 32.7 Å². The van der Waals surface area contributed by atoms with Crippen LogP contribution in [0.15, 0.2) is 60.7 Å². The van der Waals surface area contributed by atoms with Crippen molar-refractivity contribution in [3.63, 3.8) is 0 Å². The third-order valence-corrected chi connectivity index (χ3v) is 4.51. The molecule has 0 bridgehead atoms. The molecule has 0 saturated heterocycles. The van der Waals surface area contributed by atoms with Crippen molar-refractivity contribution in [2.24, 2.45) is 0 Å². The third kappa shape index (κ3) is 5.16. The second kappa shape index (κ2) is 9.13. The van der Waals surface area contributed by atoms with Crippen LogP contribution in [-0.2, 0) is 16.0 Å². The number of nitrogens with zero attached hydrogens (tertiary/aromatic N) is 1. The Morgan fingerprint density at radius 1 is 1.07 bits per heavy atom. The summed E-state index contributed by atoms with van der Waals surface area (Å²) >= 11 is 0. The average Bonchev–Trinajstić information content (AvgIpc) is 2.70. The predicted molar refractivity (Wildman–Crippen MR) is 109 cm³/mol. The fourth-order valence-electron chi connectivity index (χ4n) is 3.10. The molecule has 28 heavy (non-hydrogen) atoms. The Labute approximate surface area is 164 Å². The number of carbonyl (C=O) groups is 2. The highest BCUT2D eigenvalue weighted by atomic mass is 16.5. The van der Waals surface area contributed by atoms with Gasteiger partial charge in [0.15, 0.2) is 6.61 Å².